The van der Waals surface area contributed by atoms with Crippen LogP contribution in [0.15, 0.2) is 12.2 Å². The molecule has 1 N–H and O–H groups in total. The highest BCUT2D eigenvalue weighted by molar-refractivity contribution is 5.18. The highest BCUT2D eigenvalue weighted by Gasteiger charge is 2.69. The van der Waals surface area contributed by atoms with Crippen LogP contribution in [0, 0.1) is 57.2 Å². The van der Waals surface area contributed by atoms with Crippen LogP contribution < -0.4 is 0 Å². The second-order valence-corrected chi connectivity index (χ2v) is 14.6. The molecule has 1 nitrogen and oxygen atoms in total. The fourth-order valence-electron chi connectivity index (χ4n) is 10.7. The van der Waals surface area contributed by atoms with Gasteiger partial charge < -0.3 is 5.11 Å². The third kappa shape index (κ3) is 3.64. The predicted octanol–water partition coefficient (Wildman–Crippen LogP) is 9.05. The summed E-state index contributed by atoms with van der Waals surface area (Å²) in [5.74, 6) is 4.80. The molecule has 0 aromatic rings. The van der Waals surface area contributed by atoms with Gasteiger partial charge in [0.05, 0.1) is 6.10 Å². The quantitative estimate of drug-likeness (QED) is 0.395. The Morgan fingerprint density at radius 2 is 1.55 bits per heavy atom. The minimum Gasteiger partial charge on any atom is -0.393 e. The van der Waals surface area contributed by atoms with E-state index in [4.69, 9.17) is 0 Å². The average Bonchev–Trinajstić information content (AvgIpc) is 3.05. The molecule has 4 aliphatic carbocycles. The molecule has 10 atom stereocenters. The van der Waals surface area contributed by atoms with E-state index in [9.17, 15) is 5.11 Å². The normalized spacial score (nSPS) is 48.3. The van der Waals surface area contributed by atoms with Gasteiger partial charge in [-0.15, -0.1) is 0 Å². The van der Waals surface area contributed by atoms with Crippen molar-refractivity contribution in [2.24, 2.45) is 57.2 Å². The summed E-state index contributed by atoms with van der Waals surface area (Å²) in [6, 6.07) is 0. The third-order valence-electron chi connectivity index (χ3n) is 13.5. The number of rotatable bonds is 6. The summed E-state index contributed by atoms with van der Waals surface area (Å²) >= 11 is 0. The van der Waals surface area contributed by atoms with Gasteiger partial charge >= 0.3 is 0 Å². The van der Waals surface area contributed by atoms with Crippen molar-refractivity contribution in [2.45, 2.75) is 132 Å². The molecular formula is C32H56O. The van der Waals surface area contributed by atoms with Crippen LogP contribution in [0.3, 0.4) is 0 Å². The monoisotopic (exact) mass is 456 g/mol. The molecule has 1 heteroatoms. The van der Waals surface area contributed by atoms with Gasteiger partial charge in [-0.3, -0.25) is 0 Å². The van der Waals surface area contributed by atoms with E-state index in [-0.39, 0.29) is 11.5 Å². The average molecular weight is 457 g/mol. The zero-order valence-electron chi connectivity index (χ0n) is 23.5. The lowest BCUT2D eigenvalue weighted by Gasteiger charge is -2.69. The maximum absolute atomic E-state index is 10.9. The Bertz CT molecular complexity index is 737. The SMILES string of the molecule is C=C(C)C(C)CCC(C)[C@H]1CCC2(C)[C@@H]3CCC4C(CC[C@H](O)C4(C)C)[C@]3(CC)CC[C@]12C. The van der Waals surface area contributed by atoms with E-state index >= 15 is 0 Å². The highest BCUT2D eigenvalue weighted by atomic mass is 16.3. The predicted molar refractivity (Wildman–Crippen MR) is 142 cm³/mol. The van der Waals surface area contributed by atoms with E-state index in [2.05, 4.69) is 62.0 Å². The highest BCUT2D eigenvalue weighted by Crippen LogP contribution is 2.76. The van der Waals surface area contributed by atoms with Crippen LogP contribution >= 0.6 is 0 Å². The van der Waals surface area contributed by atoms with Gasteiger partial charge in [-0.2, -0.15) is 0 Å². The number of allylic oxidation sites excluding steroid dienone is 1. The summed E-state index contributed by atoms with van der Waals surface area (Å²) in [5.41, 5.74) is 2.95. The molecular weight excluding hydrogens is 400 g/mol. The minimum atomic E-state index is -0.105. The Balaban J connectivity index is 1.60. The molecule has 4 saturated carbocycles. The maximum Gasteiger partial charge on any atom is 0.0594 e. The minimum absolute atomic E-state index is 0.0877. The van der Waals surface area contributed by atoms with Gasteiger partial charge in [-0.05, 0) is 135 Å². The van der Waals surface area contributed by atoms with Crippen LogP contribution in [0.1, 0.15) is 126 Å². The second-order valence-electron chi connectivity index (χ2n) is 14.6. The molecule has 0 bridgehead atoms. The number of aliphatic hydroxyl groups is 1. The largest absolute Gasteiger partial charge is 0.393 e. The van der Waals surface area contributed by atoms with Gasteiger partial charge in [0.15, 0.2) is 0 Å². The van der Waals surface area contributed by atoms with Crippen molar-refractivity contribution in [3.05, 3.63) is 12.2 Å². The lowest BCUT2D eigenvalue weighted by molar-refractivity contribution is -0.211. The fourth-order valence-corrected chi connectivity index (χ4v) is 10.7. The molecule has 0 spiro atoms. The van der Waals surface area contributed by atoms with Crippen molar-refractivity contribution in [1.82, 2.24) is 0 Å². The summed E-state index contributed by atoms with van der Waals surface area (Å²) in [4.78, 5) is 0. The number of hydrogen-bond acceptors (Lipinski definition) is 1. The van der Waals surface area contributed by atoms with Gasteiger partial charge in [0, 0.05) is 0 Å². The van der Waals surface area contributed by atoms with Crippen molar-refractivity contribution in [1.29, 1.82) is 0 Å². The molecule has 0 radical (unpaired) electrons. The Hall–Kier alpha value is -0.300. The molecule has 0 aromatic carbocycles. The van der Waals surface area contributed by atoms with E-state index < -0.39 is 0 Å². The number of aliphatic hydroxyl groups excluding tert-OH is 1. The lowest BCUT2D eigenvalue weighted by atomic mass is 9.36. The van der Waals surface area contributed by atoms with Crippen LogP contribution in [-0.4, -0.2) is 11.2 Å². The molecule has 0 aliphatic heterocycles. The Morgan fingerprint density at radius 3 is 2.18 bits per heavy atom. The second kappa shape index (κ2) is 8.67. The van der Waals surface area contributed by atoms with Crippen molar-refractivity contribution in [3.63, 3.8) is 0 Å². The van der Waals surface area contributed by atoms with E-state index in [0.29, 0.717) is 28.1 Å². The molecule has 0 heterocycles. The van der Waals surface area contributed by atoms with Crippen LogP contribution in [0.4, 0.5) is 0 Å². The smallest absolute Gasteiger partial charge is 0.0594 e. The van der Waals surface area contributed by atoms with Gasteiger partial charge in [0.25, 0.3) is 0 Å². The number of fused-ring (bicyclic) bond motifs is 5. The molecule has 190 valence electrons. The standard InChI is InChI=1S/C32H56O/c1-10-32-20-19-30(8)24(23(5)12-11-22(4)21(2)3)17-18-31(30,9)27(32)15-13-25-26(32)14-16-28(33)29(25,6)7/h22-28,33H,2,10-20H2,1,3-9H3/t22?,23?,24-,25?,26?,27+,28+,30-,31?,32+/m1/s1. The molecule has 4 rings (SSSR count). The van der Waals surface area contributed by atoms with E-state index in [1.54, 1.807) is 0 Å². The van der Waals surface area contributed by atoms with E-state index in [1.165, 1.54) is 69.8 Å². The fraction of sp³-hybridized carbons (Fsp3) is 0.938. The topological polar surface area (TPSA) is 20.2 Å². The van der Waals surface area contributed by atoms with Gasteiger partial charge in [-0.1, -0.05) is 60.6 Å². The molecule has 0 aromatic heterocycles. The molecule has 0 saturated heterocycles. The lowest BCUT2D eigenvalue weighted by Crippen LogP contribution is -2.62. The van der Waals surface area contributed by atoms with E-state index in [1.807, 2.05) is 0 Å². The zero-order chi connectivity index (χ0) is 24.4. The first-order chi connectivity index (χ1) is 15.3. The van der Waals surface area contributed by atoms with Gasteiger partial charge in [0.1, 0.15) is 0 Å². The van der Waals surface area contributed by atoms with Crippen LogP contribution in [0.5, 0.6) is 0 Å². The summed E-state index contributed by atoms with van der Waals surface area (Å²) < 4.78 is 0. The molecule has 4 fully saturated rings. The van der Waals surface area contributed by atoms with E-state index in [0.717, 1.165) is 30.1 Å². The summed E-state index contributed by atoms with van der Waals surface area (Å²) in [6.07, 6.45) is 14.8. The summed E-state index contributed by atoms with van der Waals surface area (Å²) in [7, 11) is 0. The van der Waals surface area contributed by atoms with Crippen LogP contribution in [-0.2, 0) is 0 Å². The number of hydrogen-bond donors (Lipinski definition) is 1. The first kappa shape index (κ1) is 25.8. The summed E-state index contributed by atoms with van der Waals surface area (Å²) in [5, 5.41) is 10.9. The molecule has 4 aliphatic rings. The van der Waals surface area contributed by atoms with Crippen molar-refractivity contribution >= 4 is 0 Å². The zero-order valence-corrected chi connectivity index (χ0v) is 23.5. The van der Waals surface area contributed by atoms with Crippen LogP contribution in [0.25, 0.3) is 0 Å². The van der Waals surface area contributed by atoms with Crippen molar-refractivity contribution in [2.75, 3.05) is 0 Å². The van der Waals surface area contributed by atoms with Crippen LogP contribution in [0.2, 0.25) is 0 Å². The van der Waals surface area contributed by atoms with Crippen molar-refractivity contribution < 1.29 is 5.11 Å². The maximum atomic E-state index is 10.9. The first-order valence-electron chi connectivity index (χ1n) is 14.7. The Morgan fingerprint density at radius 1 is 0.879 bits per heavy atom. The molecule has 33 heavy (non-hydrogen) atoms. The molecule has 5 unspecified atom stereocenters. The third-order valence-corrected chi connectivity index (χ3v) is 13.5. The van der Waals surface area contributed by atoms with Gasteiger partial charge in [-0.25, -0.2) is 0 Å². The van der Waals surface area contributed by atoms with Crippen molar-refractivity contribution in [3.8, 4) is 0 Å². The Labute approximate surface area is 206 Å². The molecule has 0 amide bonds. The summed E-state index contributed by atoms with van der Waals surface area (Å²) in [6.45, 7) is 24.1. The first-order valence-corrected chi connectivity index (χ1v) is 14.7. The Kier molecular flexibility index (Phi) is 6.77. The van der Waals surface area contributed by atoms with Gasteiger partial charge in [0.2, 0.25) is 0 Å².